The summed E-state index contributed by atoms with van der Waals surface area (Å²) < 4.78 is 0. The maximum Gasteiger partial charge on any atom is 0.141 e. The lowest BCUT2D eigenvalue weighted by Crippen LogP contribution is -2.05. The van der Waals surface area contributed by atoms with Crippen molar-refractivity contribution in [3.8, 4) is 0 Å². The fraction of sp³-hybridized carbons (Fsp3) is 0.455. The molecule has 1 heterocycles. The van der Waals surface area contributed by atoms with E-state index in [9.17, 15) is 4.79 Å². The molecular formula is C11H13NO. The number of hydrogen-bond acceptors (Lipinski definition) is 2. The standard InChI is InChI=1S/C11H13NO/c1-8-5-6-10(12-7-8)9-3-2-4-11(9)13/h5-7,9H,2-4H2,1H3/t9-/m0/s1. The molecule has 13 heavy (non-hydrogen) atoms. The van der Waals surface area contributed by atoms with Crippen LogP contribution in [0, 0.1) is 6.92 Å². The highest BCUT2D eigenvalue weighted by Gasteiger charge is 2.26. The van der Waals surface area contributed by atoms with Crippen molar-refractivity contribution in [1.29, 1.82) is 0 Å². The fourth-order valence-corrected chi connectivity index (χ4v) is 1.81. The highest BCUT2D eigenvalue weighted by atomic mass is 16.1. The van der Waals surface area contributed by atoms with E-state index in [-0.39, 0.29) is 5.92 Å². The van der Waals surface area contributed by atoms with Gasteiger partial charge in [0.2, 0.25) is 0 Å². The Labute approximate surface area is 78.0 Å². The Hall–Kier alpha value is -1.18. The van der Waals surface area contributed by atoms with Crippen molar-refractivity contribution in [1.82, 2.24) is 4.98 Å². The van der Waals surface area contributed by atoms with E-state index in [0.29, 0.717) is 5.78 Å². The number of pyridine rings is 1. The predicted octanol–water partition coefficient (Wildman–Crippen LogP) is 2.23. The summed E-state index contributed by atoms with van der Waals surface area (Å²) in [4.78, 5) is 15.7. The molecule has 0 radical (unpaired) electrons. The Morgan fingerprint density at radius 2 is 2.31 bits per heavy atom. The second-order valence-corrected chi connectivity index (χ2v) is 3.67. The van der Waals surface area contributed by atoms with Gasteiger partial charge < -0.3 is 0 Å². The van der Waals surface area contributed by atoms with Crippen LogP contribution in [-0.4, -0.2) is 10.8 Å². The van der Waals surface area contributed by atoms with Crippen LogP contribution in [0.2, 0.25) is 0 Å². The molecule has 2 heteroatoms. The van der Waals surface area contributed by atoms with Crippen LogP contribution in [0.5, 0.6) is 0 Å². The van der Waals surface area contributed by atoms with Gasteiger partial charge in [0.15, 0.2) is 0 Å². The minimum absolute atomic E-state index is 0.0839. The van der Waals surface area contributed by atoms with Crippen molar-refractivity contribution in [2.24, 2.45) is 0 Å². The van der Waals surface area contributed by atoms with Gasteiger partial charge in [-0.1, -0.05) is 6.07 Å². The van der Waals surface area contributed by atoms with Crippen molar-refractivity contribution >= 4 is 5.78 Å². The van der Waals surface area contributed by atoms with Crippen LogP contribution in [0.3, 0.4) is 0 Å². The van der Waals surface area contributed by atoms with Gasteiger partial charge in [-0.25, -0.2) is 0 Å². The molecule has 0 aromatic carbocycles. The van der Waals surface area contributed by atoms with Crippen molar-refractivity contribution in [2.75, 3.05) is 0 Å². The van der Waals surface area contributed by atoms with E-state index in [1.54, 1.807) is 0 Å². The second-order valence-electron chi connectivity index (χ2n) is 3.67. The normalized spacial score (nSPS) is 22.2. The summed E-state index contributed by atoms with van der Waals surface area (Å²) in [6.07, 6.45) is 4.58. The summed E-state index contributed by atoms with van der Waals surface area (Å²) in [7, 11) is 0. The third kappa shape index (κ3) is 1.62. The van der Waals surface area contributed by atoms with E-state index in [1.165, 1.54) is 0 Å². The summed E-state index contributed by atoms with van der Waals surface area (Å²) in [5, 5.41) is 0. The molecule has 0 bridgehead atoms. The Kier molecular flexibility index (Phi) is 2.13. The lowest BCUT2D eigenvalue weighted by molar-refractivity contribution is -0.118. The van der Waals surface area contributed by atoms with Crippen LogP contribution < -0.4 is 0 Å². The number of hydrogen-bond donors (Lipinski definition) is 0. The SMILES string of the molecule is Cc1ccc([C@@H]2CCCC2=O)nc1. The molecule has 1 aromatic rings. The van der Waals surface area contributed by atoms with Gasteiger partial charge in [0, 0.05) is 12.6 Å². The van der Waals surface area contributed by atoms with Crippen LogP contribution in [0.25, 0.3) is 0 Å². The average Bonchev–Trinajstić information content (AvgIpc) is 2.53. The van der Waals surface area contributed by atoms with E-state index < -0.39 is 0 Å². The summed E-state index contributed by atoms with van der Waals surface area (Å²) in [6, 6.07) is 4.00. The Balaban J connectivity index is 2.25. The van der Waals surface area contributed by atoms with Crippen LogP contribution in [0.4, 0.5) is 0 Å². The molecule has 1 saturated carbocycles. The molecule has 0 unspecified atom stereocenters. The molecule has 0 spiro atoms. The second kappa shape index (κ2) is 3.29. The zero-order valence-corrected chi connectivity index (χ0v) is 7.79. The zero-order chi connectivity index (χ0) is 9.26. The molecular weight excluding hydrogens is 162 g/mol. The molecule has 0 saturated heterocycles. The number of Topliss-reactive ketones (excluding diaryl/α,β-unsaturated/α-hetero) is 1. The summed E-state index contributed by atoms with van der Waals surface area (Å²) >= 11 is 0. The molecule has 0 N–H and O–H groups in total. The monoisotopic (exact) mass is 175 g/mol. The molecule has 0 aliphatic heterocycles. The fourth-order valence-electron chi connectivity index (χ4n) is 1.81. The molecule has 1 aliphatic rings. The van der Waals surface area contributed by atoms with Gasteiger partial charge in [-0.3, -0.25) is 9.78 Å². The first-order valence-corrected chi connectivity index (χ1v) is 4.72. The molecule has 1 aromatic heterocycles. The first-order chi connectivity index (χ1) is 6.27. The van der Waals surface area contributed by atoms with Crippen LogP contribution in [-0.2, 0) is 4.79 Å². The number of rotatable bonds is 1. The van der Waals surface area contributed by atoms with Crippen LogP contribution in [0.15, 0.2) is 18.3 Å². The first-order valence-electron chi connectivity index (χ1n) is 4.72. The molecule has 2 nitrogen and oxygen atoms in total. The largest absolute Gasteiger partial charge is 0.299 e. The molecule has 1 aliphatic carbocycles. The number of ketones is 1. The van der Waals surface area contributed by atoms with E-state index in [2.05, 4.69) is 4.98 Å². The average molecular weight is 175 g/mol. The highest BCUT2D eigenvalue weighted by molar-refractivity contribution is 5.87. The summed E-state index contributed by atoms with van der Waals surface area (Å²) in [5.41, 5.74) is 2.10. The van der Waals surface area contributed by atoms with Gasteiger partial charge in [0.25, 0.3) is 0 Å². The van der Waals surface area contributed by atoms with Gasteiger partial charge in [-0.15, -0.1) is 0 Å². The number of nitrogens with zero attached hydrogens (tertiary/aromatic N) is 1. The van der Waals surface area contributed by atoms with Gasteiger partial charge in [0.1, 0.15) is 5.78 Å². The quantitative estimate of drug-likeness (QED) is 0.655. The van der Waals surface area contributed by atoms with E-state index in [1.807, 2.05) is 25.3 Å². The minimum atomic E-state index is 0.0839. The number of aryl methyl sites for hydroxylation is 1. The van der Waals surface area contributed by atoms with Crippen molar-refractivity contribution in [2.45, 2.75) is 32.1 Å². The van der Waals surface area contributed by atoms with Gasteiger partial charge >= 0.3 is 0 Å². The lowest BCUT2D eigenvalue weighted by Gasteiger charge is -2.06. The highest BCUT2D eigenvalue weighted by Crippen LogP contribution is 2.29. The molecule has 1 atom stereocenters. The number of aromatic nitrogens is 1. The van der Waals surface area contributed by atoms with E-state index in [0.717, 1.165) is 30.5 Å². The van der Waals surface area contributed by atoms with Crippen LogP contribution >= 0.6 is 0 Å². The number of carbonyl (C=O) groups excluding carboxylic acids is 1. The third-order valence-electron chi connectivity index (χ3n) is 2.60. The topological polar surface area (TPSA) is 30.0 Å². The molecule has 68 valence electrons. The Morgan fingerprint density at radius 3 is 2.85 bits per heavy atom. The zero-order valence-electron chi connectivity index (χ0n) is 7.79. The smallest absolute Gasteiger partial charge is 0.141 e. The maximum atomic E-state index is 11.4. The summed E-state index contributed by atoms with van der Waals surface area (Å²) in [6.45, 7) is 2.01. The van der Waals surface area contributed by atoms with Crippen molar-refractivity contribution < 1.29 is 4.79 Å². The Bertz CT molecular complexity index is 315. The van der Waals surface area contributed by atoms with Crippen molar-refractivity contribution in [3.05, 3.63) is 29.6 Å². The van der Waals surface area contributed by atoms with E-state index >= 15 is 0 Å². The molecule has 2 rings (SSSR count). The first kappa shape index (κ1) is 8.42. The van der Waals surface area contributed by atoms with Gasteiger partial charge in [0.05, 0.1) is 11.6 Å². The van der Waals surface area contributed by atoms with Crippen LogP contribution in [0.1, 0.15) is 36.4 Å². The lowest BCUT2D eigenvalue weighted by atomic mass is 10.0. The van der Waals surface area contributed by atoms with Gasteiger partial charge in [-0.2, -0.15) is 0 Å². The number of carbonyl (C=O) groups is 1. The molecule has 1 fully saturated rings. The van der Waals surface area contributed by atoms with E-state index in [4.69, 9.17) is 0 Å². The predicted molar refractivity (Wildman–Crippen MR) is 50.6 cm³/mol. The Morgan fingerprint density at radius 1 is 1.46 bits per heavy atom. The summed E-state index contributed by atoms with van der Waals surface area (Å²) in [5.74, 6) is 0.442. The third-order valence-corrected chi connectivity index (χ3v) is 2.60. The molecule has 0 amide bonds. The minimum Gasteiger partial charge on any atom is -0.299 e. The maximum absolute atomic E-state index is 11.4. The van der Waals surface area contributed by atoms with Gasteiger partial charge in [-0.05, 0) is 31.4 Å². The van der Waals surface area contributed by atoms with Crippen molar-refractivity contribution in [3.63, 3.8) is 0 Å².